The highest BCUT2D eigenvalue weighted by Gasteiger charge is 2.32. The van der Waals surface area contributed by atoms with Crippen LogP contribution < -0.4 is 0 Å². The number of nitrogens with zero attached hydrogens (tertiary/aromatic N) is 5. The van der Waals surface area contributed by atoms with Gasteiger partial charge in [0.2, 0.25) is 10.0 Å². The van der Waals surface area contributed by atoms with E-state index in [0.717, 1.165) is 5.56 Å². The van der Waals surface area contributed by atoms with E-state index in [1.807, 2.05) is 6.07 Å². The largest absolute Gasteiger partial charge is 0.355 e. The van der Waals surface area contributed by atoms with Crippen LogP contribution in [-0.4, -0.2) is 70.0 Å². The first-order chi connectivity index (χ1) is 14.4. The molecule has 0 aromatic carbocycles. The Morgan fingerprint density at radius 2 is 2.03 bits per heavy atom. The molecule has 1 aliphatic rings. The zero-order chi connectivity index (χ0) is 21.3. The standard InChI is InChI=1S/C19H22N6O4S/c1-13-18(14(2)22-21-13)30(27,28)25-8-4-7-24(9-10-25)19(26)16-11-17(29-23-16)15-5-3-6-20-12-15/h3,5-6,11-12H,4,7-10H2,1-2H3,(H,21,22). The van der Waals surface area contributed by atoms with Crippen LogP contribution in [0.1, 0.15) is 28.3 Å². The maximum absolute atomic E-state index is 13.1. The molecule has 1 N–H and O–H groups in total. The van der Waals surface area contributed by atoms with E-state index in [1.54, 1.807) is 43.3 Å². The number of rotatable bonds is 4. The molecule has 0 aliphatic carbocycles. The predicted octanol–water partition coefficient (Wildman–Crippen LogP) is 1.61. The lowest BCUT2D eigenvalue weighted by atomic mass is 10.2. The number of aromatic amines is 1. The molecule has 1 saturated heterocycles. The van der Waals surface area contributed by atoms with E-state index in [0.29, 0.717) is 36.7 Å². The molecule has 0 spiro atoms. The summed E-state index contributed by atoms with van der Waals surface area (Å²) >= 11 is 0. The highest BCUT2D eigenvalue weighted by molar-refractivity contribution is 7.89. The Morgan fingerprint density at radius 3 is 2.73 bits per heavy atom. The van der Waals surface area contributed by atoms with Gasteiger partial charge in [-0.1, -0.05) is 5.16 Å². The van der Waals surface area contributed by atoms with Crippen LogP contribution in [0.5, 0.6) is 0 Å². The molecule has 0 atom stereocenters. The fourth-order valence-electron chi connectivity index (χ4n) is 3.57. The third kappa shape index (κ3) is 3.73. The highest BCUT2D eigenvalue weighted by atomic mass is 32.2. The maximum atomic E-state index is 13.1. The van der Waals surface area contributed by atoms with E-state index in [-0.39, 0.29) is 29.6 Å². The molecule has 3 aromatic heterocycles. The normalized spacial score (nSPS) is 15.9. The van der Waals surface area contributed by atoms with Gasteiger partial charge in [0.15, 0.2) is 11.5 Å². The van der Waals surface area contributed by atoms with Crippen molar-refractivity contribution in [3.63, 3.8) is 0 Å². The number of sulfonamides is 1. The highest BCUT2D eigenvalue weighted by Crippen LogP contribution is 2.24. The molecule has 0 unspecified atom stereocenters. The summed E-state index contributed by atoms with van der Waals surface area (Å²) in [5.74, 6) is 0.167. The number of hydrogen-bond donors (Lipinski definition) is 1. The molecule has 0 bridgehead atoms. The van der Waals surface area contributed by atoms with E-state index in [2.05, 4.69) is 20.3 Å². The van der Waals surface area contributed by atoms with Crippen molar-refractivity contribution >= 4 is 15.9 Å². The lowest BCUT2D eigenvalue weighted by molar-refractivity contribution is 0.0754. The minimum atomic E-state index is -3.69. The first-order valence-corrected chi connectivity index (χ1v) is 11.0. The predicted molar refractivity (Wildman–Crippen MR) is 107 cm³/mol. The molecule has 1 fully saturated rings. The van der Waals surface area contributed by atoms with Gasteiger partial charge in [0, 0.05) is 50.2 Å². The molecule has 1 aliphatic heterocycles. The molecule has 4 rings (SSSR count). The topological polar surface area (TPSA) is 125 Å². The van der Waals surface area contributed by atoms with Crippen molar-refractivity contribution in [2.75, 3.05) is 26.2 Å². The van der Waals surface area contributed by atoms with Gasteiger partial charge in [-0.15, -0.1) is 0 Å². The molecule has 11 heteroatoms. The van der Waals surface area contributed by atoms with Crippen molar-refractivity contribution in [2.24, 2.45) is 0 Å². The van der Waals surface area contributed by atoms with Crippen molar-refractivity contribution in [1.29, 1.82) is 0 Å². The average Bonchev–Trinajstić information content (AvgIpc) is 3.27. The molecule has 158 valence electrons. The smallest absolute Gasteiger partial charge is 0.276 e. The van der Waals surface area contributed by atoms with Gasteiger partial charge in [0.1, 0.15) is 4.90 Å². The van der Waals surface area contributed by atoms with Gasteiger partial charge >= 0.3 is 0 Å². The molecule has 3 aromatic rings. The van der Waals surface area contributed by atoms with Gasteiger partial charge in [-0.25, -0.2) is 8.42 Å². The molecule has 0 radical (unpaired) electrons. The van der Waals surface area contributed by atoms with Crippen molar-refractivity contribution < 1.29 is 17.7 Å². The fraction of sp³-hybridized carbons (Fsp3) is 0.368. The Bertz CT molecular complexity index is 1140. The average molecular weight is 430 g/mol. The quantitative estimate of drug-likeness (QED) is 0.666. The Balaban J connectivity index is 1.48. The number of carbonyl (C=O) groups excluding carboxylic acids is 1. The molecular weight excluding hydrogens is 408 g/mol. The Hall–Kier alpha value is -3.05. The van der Waals surface area contributed by atoms with Gasteiger partial charge in [-0.3, -0.25) is 14.9 Å². The van der Waals surface area contributed by atoms with Crippen LogP contribution in [-0.2, 0) is 10.0 Å². The second kappa shape index (κ2) is 8.00. The minimum Gasteiger partial charge on any atom is -0.355 e. The van der Waals surface area contributed by atoms with Gasteiger partial charge in [-0.05, 0) is 32.4 Å². The zero-order valence-electron chi connectivity index (χ0n) is 16.7. The molecule has 0 saturated carbocycles. The van der Waals surface area contributed by atoms with E-state index in [1.165, 1.54) is 4.31 Å². The summed E-state index contributed by atoms with van der Waals surface area (Å²) < 4.78 is 32.9. The van der Waals surface area contributed by atoms with E-state index in [4.69, 9.17) is 4.52 Å². The number of aromatic nitrogens is 4. The SMILES string of the molecule is Cc1n[nH]c(C)c1S(=O)(=O)N1CCCN(C(=O)c2cc(-c3cccnc3)on2)CC1. The Kier molecular flexibility index (Phi) is 5.39. The molecule has 10 nitrogen and oxygen atoms in total. The summed E-state index contributed by atoms with van der Waals surface area (Å²) in [7, 11) is -3.69. The summed E-state index contributed by atoms with van der Waals surface area (Å²) in [6.07, 6.45) is 3.80. The number of amides is 1. The molecule has 1 amide bonds. The van der Waals surface area contributed by atoms with Crippen molar-refractivity contribution in [3.05, 3.63) is 47.7 Å². The number of pyridine rings is 1. The first kappa shape index (κ1) is 20.2. The summed E-state index contributed by atoms with van der Waals surface area (Å²) in [6, 6.07) is 5.17. The third-order valence-corrected chi connectivity index (χ3v) is 7.24. The third-order valence-electron chi connectivity index (χ3n) is 5.08. The molecule has 4 heterocycles. The summed E-state index contributed by atoms with van der Waals surface area (Å²) in [6.45, 7) is 4.58. The maximum Gasteiger partial charge on any atom is 0.276 e. The fourth-order valence-corrected chi connectivity index (χ4v) is 5.37. The molecule has 30 heavy (non-hydrogen) atoms. The lowest BCUT2D eigenvalue weighted by Crippen LogP contribution is -2.37. The minimum absolute atomic E-state index is 0.187. The van der Waals surface area contributed by atoms with Gasteiger partial charge in [-0.2, -0.15) is 9.40 Å². The van der Waals surface area contributed by atoms with E-state index < -0.39 is 10.0 Å². The number of nitrogens with one attached hydrogen (secondary N) is 1. The summed E-state index contributed by atoms with van der Waals surface area (Å²) in [5.41, 5.74) is 1.86. The Labute approximate surface area is 173 Å². The Morgan fingerprint density at radius 1 is 1.20 bits per heavy atom. The van der Waals surface area contributed by atoms with Crippen LogP contribution in [0.15, 0.2) is 40.0 Å². The summed E-state index contributed by atoms with van der Waals surface area (Å²) in [4.78, 5) is 18.7. The van der Waals surface area contributed by atoms with Gasteiger partial charge in [0.05, 0.1) is 11.4 Å². The van der Waals surface area contributed by atoms with E-state index in [9.17, 15) is 13.2 Å². The van der Waals surface area contributed by atoms with Crippen LogP contribution >= 0.6 is 0 Å². The monoisotopic (exact) mass is 430 g/mol. The van der Waals surface area contributed by atoms with E-state index >= 15 is 0 Å². The number of H-pyrrole nitrogens is 1. The van der Waals surface area contributed by atoms with Crippen LogP contribution in [0.2, 0.25) is 0 Å². The van der Waals surface area contributed by atoms with Crippen LogP contribution in [0.4, 0.5) is 0 Å². The van der Waals surface area contributed by atoms with Crippen molar-refractivity contribution in [1.82, 2.24) is 29.5 Å². The van der Waals surface area contributed by atoms with Crippen LogP contribution in [0.3, 0.4) is 0 Å². The zero-order valence-corrected chi connectivity index (χ0v) is 17.5. The molecular formula is C19H22N6O4S. The van der Waals surface area contributed by atoms with Crippen LogP contribution in [0, 0.1) is 13.8 Å². The summed E-state index contributed by atoms with van der Waals surface area (Å²) in [5, 5.41) is 10.6. The van der Waals surface area contributed by atoms with Gasteiger partial charge < -0.3 is 9.42 Å². The second-order valence-electron chi connectivity index (χ2n) is 7.13. The van der Waals surface area contributed by atoms with Crippen molar-refractivity contribution in [3.8, 4) is 11.3 Å². The number of hydrogen-bond acceptors (Lipinski definition) is 7. The second-order valence-corrected chi connectivity index (χ2v) is 9.01. The number of carbonyl (C=O) groups is 1. The lowest BCUT2D eigenvalue weighted by Gasteiger charge is -2.21. The first-order valence-electron chi connectivity index (χ1n) is 9.56. The van der Waals surface area contributed by atoms with Gasteiger partial charge in [0.25, 0.3) is 5.91 Å². The van der Waals surface area contributed by atoms with Crippen LogP contribution in [0.25, 0.3) is 11.3 Å². The number of aryl methyl sites for hydroxylation is 2. The van der Waals surface area contributed by atoms with Crippen molar-refractivity contribution in [2.45, 2.75) is 25.2 Å².